The molecule has 0 bridgehead atoms. The van der Waals surface area contributed by atoms with Crippen LogP contribution in [0.2, 0.25) is 0 Å². The number of carboxylic acid groups (broad SMARTS) is 1. The van der Waals surface area contributed by atoms with Gasteiger partial charge in [0.05, 0.1) is 5.75 Å². The largest absolute Gasteiger partial charge is 0.481 e. The molecule has 114 valence electrons. The third-order valence-corrected chi connectivity index (χ3v) is 3.67. The van der Waals surface area contributed by atoms with Gasteiger partial charge < -0.3 is 14.2 Å². The van der Waals surface area contributed by atoms with Crippen molar-refractivity contribution in [1.29, 1.82) is 0 Å². The van der Waals surface area contributed by atoms with Gasteiger partial charge in [0.1, 0.15) is 5.82 Å². The van der Waals surface area contributed by atoms with Gasteiger partial charge in [-0.05, 0) is 0 Å². The van der Waals surface area contributed by atoms with Crippen molar-refractivity contribution in [1.82, 2.24) is 24.9 Å². The van der Waals surface area contributed by atoms with Crippen molar-refractivity contribution in [2.24, 2.45) is 0 Å². The summed E-state index contributed by atoms with van der Waals surface area (Å²) in [6.07, 6.45) is 0.579. The molecule has 0 unspecified atom stereocenters. The van der Waals surface area contributed by atoms with Crippen LogP contribution >= 0.6 is 11.8 Å². The number of aliphatic carboxylic acids is 1. The molecule has 0 atom stereocenters. The third kappa shape index (κ3) is 4.03. The number of hydrogen-bond acceptors (Lipinski definition) is 7. The van der Waals surface area contributed by atoms with E-state index in [2.05, 4.69) is 20.3 Å². The molecule has 0 aliphatic rings. The Balaban J connectivity index is 2.13. The minimum atomic E-state index is -0.880. The first-order valence-electron chi connectivity index (χ1n) is 6.54. The lowest BCUT2D eigenvalue weighted by atomic mass is 10.2. The summed E-state index contributed by atoms with van der Waals surface area (Å²) in [7, 11) is 0. The van der Waals surface area contributed by atoms with Gasteiger partial charge in [-0.15, -0.1) is 10.2 Å². The van der Waals surface area contributed by atoms with E-state index in [1.165, 1.54) is 0 Å². The molecule has 0 aromatic carbocycles. The number of nitrogens with zero attached hydrogens (tertiary/aromatic N) is 5. The van der Waals surface area contributed by atoms with Gasteiger partial charge in [0, 0.05) is 25.8 Å². The number of hydrogen-bond donors (Lipinski definition) is 1. The second kappa shape index (κ2) is 6.70. The number of aryl methyl sites for hydroxylation is 2. The summed E-state index contributed by atoms with van der Waals surface area (Å²) in [6, 6.07) is 0. The second-order valence-electron chi connectivity index (χ2n) is 4.81. The van der Waals surface area contributed by atoms with Crippen LogP contribution in [0.3, 0.4) is 0 Å². The fraction of sp³-hybridized carbons (Fsp3) is 0.583. The summed E-state index contributed by atoms with van der Waals surface area (Å²) in [4.78, 5) is 14.9. The Bertz CT molecular complexity index is 622. The molecule has 2 heterocycles. The van der Waals surface area contributed by atoms with Crippen molar-refractivity contribution in [2.75, 3.05) is 5.75 Å². The van der Waals surface area contributed by atoms with Crippen LogP contribution in [0.15, 0.2) is 9.68 Å². The van der Waals surface area contributed by atoms with Gasteiger partial charge in [-0.25, -0.2) is 0 Å². The van der Waals surface area contributed by atoms with E-state index >= 15 is 0 Å². The lowest BCUT2D eigenvalue weighted by molar-refractivity contribution is -0.133. The molecule has 2 aromatic heterocycles. The molecule has 0 saturated carbocycles. The van der Waals surface area contributed by atoms with E-state index in [0.29, 0.717) is 29.8 Å². The molecule has 1 N–H and O–H groups in total. The van der Waals surface area contributed by atoms with Crippen molar-refractivity contribution in [3.8, 4) is 0 Å². The summed E-state index contributed by atoms with van der Waals surface area (Å²) in [6.45, 7) is 6.36. The van der Waals surface area contributed by atoms with Crippen molar-refractivity contribution in [2.45, 2.75) is 44.8 Å². The predicted molar refractivity (Wildman–Crippen MR) is 75.2 cm³/mol. The summed E-state index contributed by atoms with van der Waals surface area (Å²) >= 11 is 1.16. The average Bonchev–Trinajstić information content (AvgIpc) is 2.99. The van der Waals surface area contributed by atoms with Crippen molar-refractivity contribution in [3.63, 3.8) is 0 Å². The van der Waals surface area contributed by atoms with E-state index < -0.39 is 5.97 Å². The maximum absolute atomic E-state index is 10.7. The predicted octanol–water partition coefficient (Wildman–Crippen LogP) is 1.51. The number of rotatable bonds is 7. The number of carboxylic acids is 1. The number of aromatic nitrogens is 5. The Labute approximate surface area is 125 Å². The van der Waals surface area contributed by atoms with Crippen LogP contribution in [-0.4, -0.2) is 41.7 Å². The normalized spacial score (nSPS) is 11.2. The lowest BCUT2D eigenvalue weighted by Crippen LogP contribution is -2.10. The van der Waals surface area contributed by atoms with Gasteiger partial charge in [0.2, 0.25) is 5.89 Å². The summed E-state index contributed by atoms with van der Waals surface area (Å²) < 4.78 is 6.86. The monoisotopic (exact) mass is 311 g/mol. The Morgan fingerprint density at radius 1 is 1.43 bits per heavy atom. The van der Waals surface area contributed by atoms with Crippen LogP contribution in [0.25, 0.3) is 0 Å². The van der Waals surface area contributed by atoms with Crippen LogP contribution in [0.1, 0.15) is 37.3 Å². The van der Waals surface area contributed by atoms with E-state index in [9.17, 15) is 4.79 Å². The van der Waals surface area contributed by atoms with Crippen molar-refractivity contribution in [3.05, 3.63) is 17.5 Å². The van der Waals surface area contributed by atoms with Crippen molar-refractivity contribution >= 4 is 17.7 Å². The Kier molecular flexibility index (Phi) is 4.94. The zero-order valence-corrected chi connectivity index (χ0v) is 12.9. The molecule has 21 heavy (non-hydrogen) atoms. The highest BCUT2D eigenvalue weighted by Crippen LogP contribution is 2.21. The molecular weight excluding hydrogens is 294 g/mol. The number of thioether (sulfide) groups is 1. The molecule has 0 spiro atoms. The fourth-order valence-electron chi connectivity index (χ4n) is 1.83. The first-order chi connectivity index (χ1) is 9.97. The van der Waals surface area contributed by atoms with E-state index in [4.69, 9.17) is 9.63 Å². The second-order valence-corrected chi connectivity index (χ2v) is 5.75. The first kappa shape index (κ1) is 15.5. The molecule has 0 saturated heterocycles. The Hall–Kier alpha value is -1.90. The maximum Gasteiger partial charge on any atom is 0.313 e. The topological polar surface area (TPSA) is 107 Å². The van der Waals surface area contributed by atoms with E-state index in [1.807, 2.05) is 18.4 Å². The van der Waals surface area contributed by atoms with E-state index in [0.717, 1.165) is 17.6 Å². The van der Waals surface area contributed by atoms with E-state index in [1.54, 1.807) is 6.92 Å². The minimum absolute atomic E-state index is 0.0441. The number of carbonyl (C=O) groups is 1. The van der Waals surface area contributed by atoms with Gasteiger partial charge in [0.15, 0.2) is 11.0 Å². The highest BCUT2D eigenvalue weighted by atomic mass is 32.2. The highest BCUT2D eigenvalue weighted by molar-refractivity contribution is 7.99. The van der Waals surface area contributed by atoms with Crippen LogP contribution in [0, 0.1) is 6.92 Å². The SMILES string of the molecule is Cc1nc(CCn2c(SCC(=O)O)nnc2C(C)C)no1. The summed E-state index contributed by atoms with van der Waals surface area (Å²) in [5.41, 5.74) is 0. The molecule has 9 heteroatoms. The van der Waals surface area contributed by atoms with Crippen LogP contribution in [0.4, 0.5) is 0 Å². The zero-order valence-electron chi connectivity index (χ0n) is 12.1. The summed E-state index contributed by atoms with van der Waals surface area (Å²) in [5.74, 6) is 1.24. The molecular formula is C12H17N5O3S. The van der Waals surface area contributed by atoms with Crippen LogP contribution < -0.4 is 0 Å². The van der Waals surface area contributed by atoms with E-state index in [-0.39, 0.29) is 11.7 Å². The lowest BCUT2D eigenvalue weighted by Gasteiger charge is -2.10. The molecule has 0 radical (unpaired) electrons. The molecule has 0 aliphatic heterocycles. The quantitative estimate of drug-likeness (QED) is 0.767. The molecule has 0 aliphatic carbocycles. The van der Waals surface area contributed by atoms with Gasteiger partial charge in [-0.1, -0.05) is 30.8 Å². The standard InChI is InChI=1S/C12H17N5O3S/c1-7(2)11-14-15-12(21-6-10(18)19)17(11)5-4-9-13-8(3)20-16-9/h7H,4-6H2,1-3H3,(H,18,19). The molecule has 2 rings (SSSR count). The van der Waals surface area contributed by atoms with Crippen LogP contribution in [-0.2, 0) is 17.8 Å². The van der Waals surface area contributed by atoms with Crippen molar-refractivity contribution < 1.29 is 14.4 Å². The summed E-state index contributed by atoms with van der Waals surface area (Å²) in [5, 5.41) is 21.5. The smallest absolute Gasteiger partial charge is 0.313 e. The fourth-order valence-corrected chi connectivity index (χ4v) is 2.52. The first-order valence-corrected chi connectivity index (χ1v) is 7.52. The average molecular weight is 311 g/mol. The maximum atomic E-state index is 10.7. The third-order valence-electron chi connectivity index (χ3n) is 2.72. The molecule has 0 amide bonds. The Morgan fingerprint density at radius 2 is 2.19 bits per heavy atom. The zero-order chi connectivity index (χ0) is 15.4. The van der Waals surface area contributed by atoms with Gasteiger partial charge in [0.25, 0.3) is 0 Å². The molecule has 8 nitrogen and oxygen atoms in total. The minimum Gasteiger partial charge on any atom is -0.481 e. The Morgan fingerprint density at radius 3 is 2.76 bits per heavy atom. The van der Waals surface area contributed by atoms with Crippen LogP contribution in [0.5, 0.6) is 0 Å². The van der Waals surface area contributed by atoms with Gasteiger partial charge in [-0.2, -0.15) is 4.98 Å². The highest BCUT2D eigenvalue weighted by Gasteiger charge is 2.17. The molecule has 2 aromatic rings. The van der Waals surface area contributed by atoms with Gasteiger partial charge in [-0.3, -0.25) is 4.79 Å². The van der Waals surface area contributed by atoms with Gasteiger partial charge >= 0.3 is 5.97 Å². The molecule has 0 fully saturated rings.